The zero-order valence-electron chi connectivity index (χ0n) is 17.1. The molecule has 0 aromatic carbocycles. The number of aryl methyl sites for hydroxylation is 1. The normalized spacial score (nSPS) is 16.3. The summed E-state index contributed by atoms with van der Waals surface area (Å²) in [4.78, 5) is 51.3. The number of carbonyl (C=O) groups excluding carboxylic acids is 1. The van der Waals surface area contributed by atoms with E-state index in [1.54, 1.807) is 4.90 Å². The molecule has 1 fully saturated rings. The van der Waals surface area contributed by atoms with Crippen molar-refractivity contribution in [1.82, 2.24) is 33.6 Å². The molecule has 0 aliphatic carbocycles. The van der Waals surface area contributed by atoms with Crippen LogP contribution in [0.3, 0.4) is 0 Å². The molecule has 0 bridgehead atoms. The van der Waals surface area contributed by atoms with E-state index in [0.717, 1.165) is 11.0 Å². The van der Waals surface area contributed by atoms with Crippen LogP contribution in [0.1, 0.15) is 18.5 Å². The van der Waals surface area contributed by atoms with Gasteiger partial charge in [-0.3, -0.25) is 18.7 Å². The van der Waals surface area contributed by atoms with Gasteiger partial charge in [0.1, 0.15) is 18.7 Å². The molecule has 0 radical (unpaired) electrons. The summed E-state index contributed by atoms with van der Waals surface area (Å²) in [6, 6.07) is 1.94. The summed E-state index contributed by atoms with van der Waals surface area (Å²) in [5.41, 5.74) is -0.466. The molecule has 1 unspecified atom stereocenters. The summed E-state index contributed by atoms with van der Waals surface area (Å²) in [5.74, 6) is -0.0579. The summed E-state index contributed by atoms with van der Waals surface area (Å²) < 4.78 is 9.55. The van der Waals surface area contributed by atoms with Crippen LogP contribution in [0, 0.1) is 11.3 Å². The fourth-order valence-corrected chi connectivity index (χ4v) is 3.67. The minimum atomic E-state index is -0.505. The molecular weight excluding hydrogens is 404 g/mol. The predicted octanol–water partition coefficient (Wildman–Crippen LogP) is -0.835. The topological polar surface area (TPSA) is 141 Å². The monoisotopic (exact) mass is 424 g/mol. The van der Waals surface area contributed by atoms with E-state index in [9.17, 15) is 14.4 Å². The second kappa shape index (κ2) is 8.02. The largest absolute Gasteiger partial charge is 0.470 e. The minimum Gasteiger partial charge on any atom is -0.470 e. The first-order valence-electron chi connectivity index (χ1n) is 9.67. The van der Waals surface area contributed by atoms with Crippen LogP contribution < -0.4 is 16.0 Å². The summed E-state index contributed by atoms with van der Waals surface area (Å²) in [5, 5.41) is 9.14. The second-order valence-electron chi connectivity index (χ2n) is 7.29. The van der Waals surface area contributed by atoms with Gasteiger partial charge in [-0.1, -0.05) is 0 Å². The lowest BCUT2D eigenvalue weighted by Gasteiger charge is -2.32. The fraction of sp³-hybridized carbons (Fsp3) is 0.421. The fourth-order valence-electron chi connectivity index (χ4n) is 3.67. The maximum atomic E-state index is 12.9. The Labute approximate surface area is 176 Å². The maximum absolute atomic E-state index is 12.9. The number of piperidine rings is 1. The Morgan fingerprint density at radius 3 is 2.77 bits per heavy atom. The standard InChI is InChI=1S/C19H20N8O4/c1-24-16-15(18(29)25(2)19(24)30)27(11-23-16)10-14(28)26-7-3-4-12(9-26)31-17-13(8-20)21-5-6-22-17/h5-6,11-12H,3-4,7,9-10H2,1-2H3. The lowest BCUT2D eigenvalue weighted by atomic mass is 10.1. The molecule has 12 heteroatoms. The average molecular weight is 424 g/mol. The van der Waals surface area contributed by atoms with Crippen LogP contribution in [0.5, 0.6) is 5.88 Å². The molecule has 4 rings (SSSR count). The van der Waals surface area contributed by atoms with Gasteiger partial charge in [-0.05, 0) is 12.8 Å². The Bertz CT molecular complexity index is 1320. The molecule has 1 atom stereocenters. The van der Waals surface area contributed by atoms with Crippen molar-refractivity contribution in [3.8, 4) is 11.9 Å². The van der Waals surface area contributed by atoms with Crippen molar-refractivity contribution in [1.29, 1.82) is 5.26 Å². The number of carbonyl (C=O) groups is 1. The van der Waals surface area contributed by atoms with E-state index in [1.165, 1.54) is 42.0 Å². The van der Waals surface area contributed by atoms with E-state index in [2.05, 4.69) is 15.0 Å². The quantitative estimate of drug-likeness (QED) is 0.528. The summed E-state index contributed by atoms with van der Waals surface area (Å²) in [6.45, 7) is 0.780. The van der Waals surface area contributed by atoms with Gasteiger partial charge < -0.3 is 14.2 Å². The van der Waals surface area contributed by atoms with Gasteiger partial charge in [0.25, 0.3) is 11.4 Å². The van der Waals surface area contributed by atoms with Crippen molar-refractivity contribution in [2.75, 3.05) is 13.1 Å². The van der Waals surface area contributed by atoms with Crippen molar-refractivity contribution < 1.29 is 9.53 Å². The van der Waals surface area contributed by atoms with Crippen molar-refractivity contribution in [2.45, 2.75) is 25.5 Å². The van der Waals surface area contributed by atoms with Crippen LogP contribution in [-0.4, -0.2) is 58.7 Å². The Morgan fingerprint density at radius 1 is 1.23 bits per heavy atom. The highest BCUT2D eigenvalue weighted by atomic mass is 16.5. The molecule has 160 valence electrons. The first kappa shape index (κ1) is 20.3. The number of nitriles is 1. The molecule has 0 spiro atoms. The minimum absolute atomic E-state index is 0.0920. The van der Waals surface area contributed by atoms with Gasteiger partial charge in [0.15, 0.2) is 11.2 Å². The van der Waals surface area contributed by atoms with Crippen LogP contribution in [-0.2, 0) is 25.4 Å². The van der Waals surface area contributed by atoms with Gasteiger partial charge in [-0.25, -0.2) is 19.7 Å². The molecular formula is C19H20N8O4. The Balaban J connectivity index is 1.52. The number of likely N-dealkylation sites (tertiary alicyclic amines) is 1. The molecule has 4 heterocycles. The summed E-state index contributed by atoms with van der Waals surface area (Å²) in [6.07, 6.45) is 5.36. The average Bonchev–Trinajstić information content (AvgIpc) is 3.20. The SMILES string of the molecule is Cn1c(=O)c2c(ncn2CC(=O)N2CCCC(Oc3nccnc3C#N)C2)n(C)c1=O. The second-order valence-corrected chi connectivity index (χ2v) is 7.29. The van der Waals surface area contributed by atoms with Gasteiger partial charge in [0, 0.05) is 33.0 Å². The third-order valence-electron chi connectivity index (χ3n) is 5.30. The number of nitrogens with zero attached hydrogens (tertiary/aromatic N) is 8. The van der Waals surface area contributed by atoms with Crippen LogP contribution in [0.4, 0.5) is 0 Å². The summed E-state index contributed by atoms with van der Waals surface area (Å²) >= 11 is 0. The van der Waals surface area contributed by atoms with Crippen molar-refractivity contribution in [3.63, 3.8) is 0 Å². The molecule has 3 aromatic heterocycles. The van der Waals surface area contributed by atoms with Crippen LogP contribution in [0.25, 0.3) is 11.2 Å². The van der Waals surface area contributed by atoms with Crippen LogP contribution in [0.15, 0.2) is 28.3 Å². The molecule has 1 aliphatic rings. The summed E-state index contributed by atoms with van der Waals surface area (Å²) in [7, 11) is 2.91. The van der Waals surface area contributed by atoms with Crippen molar-refractivity contribution in [3.05, 3.63) is 45.3 Å². The first-order chi connectivity index (χ1) is 14.9. The zero-order valence-corrected chi connectivity index (χ0v) is 17.1. The van der Waals surface area contributed by atoms with Crippen LogP contribution >= 0.6 is 0 Å². The number of rotatable bonds is 4. The number of hydrogen-bond acceptors (Lipinski definition) is 8. The van der Waals surface area contributed by atoms with E-state index in [-0.39, 0.29) is 41.3 Å². The molecule has 3 aromatic rings. The molecule has 12 nitrogen and oxygen atoms in total. The highest BCUT2D eigenvalue weighted by Crippen LogP contribution is 2.19. The van der Waals surface area contributed by atoms with Gasteiger partial charge >= 0.3 is 5.69 Å². The van der Waals surface area contributed by atoms with E-state index in [0.29, 0.717) is 19.5 Å². The number of aromatic nitrogens is 6. The molecule has 1 amide bonds. The molecule has 31 heavy (non-hydrogen) atoms. The molecule has 1 aliphatic heterocycles. The van der Waals surface area contributed by atoms with Crippen molar-refractivity contribution in [2.24, 2.45) is 14.1 Å². The number of imidazole rings is 1. The van der Waals surface area contributed by atoms with Crippen LogP contribution in [0.2, 0.25) is 0 Å². The lowest BCUT2D eigenvalue weighted by Crippen LogP contribution is -2.46. The van der Waals surface area contributed by atoms with Gasteiger partial charge in [0.05, 0.1) is 12.9 Å². The number of amides is 1. The Kier molecular flexibility index (Phi) is 5.24. The molecule has 1 saturated heterocycles. The van der Waals surface area contributed by atoms with Gasteiger partial charge in [-0.2, -0.15) is 5.26 Å². The first-order valence-corrected chi connectivity index (χ1v) is 9.67. The van der Waals surface area contributed by atoms with Crippen molar-refractivity contribution >= 4 is 17.1 Å². The smallest absolute Gasteiger partial charge is 0.332 e. The number of hydrogen-bond donors (Lipinski definition) is 0. The molecule has 0 saturated carbocycles. The van der Waals surface area contributed by atoms with E-state index < -0.39 is 11.2 Å². The third kappa shape index (κ3) is 3.65. The Morgan fingerprint density at radius 2 is 2.00 bits per heavy atom. The third-order valence-corrected chi connectivity index (χ3v) is 5.30. The Hall–Kier alpha value is -4.01. The lowest BCUT2D eigenvalue weighted by molar-refractivity contribution is -0.134. The highest BCUT2D eigenvalue weighted by molar-refractivity contribution is 5.79. The van der Waals surface area contributed by atoms with Gasteiger partial charge in [-0.15, -0.1) is 0 Å². The number of fused-ring (bicyclic) bond motifs is 1. The van der Waals surface area contributed by atoms with E-state index in [4.69, 9.17) is 10.00 Å². The van der Waals surface area contributed by atoms with Gasteiger partial charge in [0.2, 0.25) is 11.6 Å². The van der Waals surface area contributed by atoms with E-state index in [1.807, 2.05) is 6.07 Å². The maximum Gasteiger partial charge on any atom is 0.332 e. The van der Waals surface area contributed by atoms with E-state index >= 15 is 0 Å². The predicted molar refractivity (Wildman–Crippen MR) is 107 cm³/mol. The number of ether oxygens (including phenoxy) is 1. The zero-order chi connectivity index (χ0) is 22.1. The molecule has 0 N–H and O–H groups in total. The highest BCUT2D eigenvalue weighted by Gasteiger charge is 2.27.